The molecule has 0 spiro atoms. The Labute approximate surface area is 134 Å². The van der Waals surface area contributed by atoms with Gasteiger partial charge in [-0.3, -0.25) is 4.79 Å². The molecule has 6 atom stereocenters. The summed E-state index contributed by atoms with van der Waals surface area (Å²) < 4.78 is 6.01. The summed E-state index contributed by atoms with van der Waals surface area (Å²) in [5.41, 5.74) is 1.80. The molecule has 4 aliphatic rings. The first-order valence-corrected chi connectivity index (χ1v) is 9.13. The minimum Gasteiger partial charge on any atom is -0.366 e. The molecule has 122 valence electrons. The molecule has 3 aliphatic carbocycles. The molecule has 2 heteroatoms. The van der Waals surface area contributed by atoms with Gasteiger partial charge in [-0.05, 0) is 68.3 Å². The van der Waals surface area contributed by atoms with Crippen molar-refractivity contribution in [3.8, 4) is 0 Å². The summed E-state index contributed by atoms with van der Waals surface area (Å²) >= 11 is 0. The van der Waals surface area contributed by atoms with Crippen LogP contribution in [0.25, 0.3) is 0 Å². The van der Waals surface area contributed by atoms with Gasteiger partial charge < -0.3 is 4.74 Å². The highest BCUT2D eigenvalue weighted by Gasteiger charge is 2.64. The normalized spacial score (nSPS) is 53.5. The fourth-order valence-corrected chi connectivity index (χ4v) is 5.94. The maximum absolute atomic E-state index is 12.7. The Morgan fingerprint density at radius 3 is 2.59 bits per heavy atom. The zero-order valence-electron chi connectivity index (χ0n) is 14.7. The van der Waals surface area contributed by atoms with E-state index in [0.29, 0.717) is 35.1 Å². The van der Waals surface area contributed by atoms with E-state index in [9.17, 15) is 4.79 Å². The molecule has 3 fully saturated rings. The van der Waals surface area contributed by atoms with Gasteiger partial charge in [0.1, 0.15) is 0 Å². The fourth-order valence-electron chi connectivity index (χ4n) is 5.94. The minimum atomic E-state index is -0.125. The van der Waals surface area contributed by atoms with Crippen LogP contribution in [0.15, 0.2) is 11.6 Å². The molecular weight excluding hydrogens is 272 g/mol. The first-order valence-electron chi connectivity index (χ1n) is 9.13. The highest BCUT2D eigenvalue weighted by Crippen LogP contribution is 2.65. The third-order valence-corrected chi connectivity index (χ3v) is 7.72. The number of carbonyl (C=O) groups is 1. The van der Waals surface area contributed by atoms with Crippen LogP contribution in [-0.2, 0) is 9.53 Å². The van der Waals surface area contributed by atoms with Gasteiger partial charge in [0.2, 0.25) is 0 Å². The second-order valence-electron chi connectivity index (χ2n) is 9.48. The van der Waals surface area contributed by atoms with Crippen LogP contribution in [0, 0.1) is 28.6 Å². The molecule has 1 aliphatic heterocycles. The van der Waals surface area contributed by atoms with Crippen LogP contribution in [0.5, 0.6) is 0 Å². The Morgan fingerprint density at radius 1 is 1.18 bits per heavy atom. The number of rotatable bonds is 1. The van der Waals surface area contributed by atoms with Crippen LogP contribution in [0.4, 0.5) is 0 Å². The standard InChI is InChI=1S/C20H30O2/c1-12(2)13-10-15(21)19(4)9-8-18(3)11-16-20(5,22-16)7-6-14(18)17(13)19/h10,12,14,16-17H,6-9,11H2,1-5H3/t14-,16?,17?,18?,19?,20?/m1/s1. The van der Waals surface area contributed by atoms with Gasteiger partial charge in [0.05, 0.1) is 11.7 Å². The molecule has 0 aromatic heterocycles. The van der Waals surface area contributed by atoms with E-state index in [1.54, 1.807) is 0 Å². The Kier molecular flexibility index (Phi) is 2.89. The van der Waals surface area contributed by atoms with E-state index in [-0.39, 0.29) is 11.0 Å². The molecule has 0 aromatic rings. The predicted octanol–water partition coefficient (Wildman–Crippen LogP) is 4.53. The Bertz CT molecular complexity index is 562. The lowest BCUT2D eigenvalue weighted by molar-refractivity contribution is -0.130. The number of hydrogen-bond acceptors (Lipinski definition) is 2. The number of allylic oxidation sites excluding steroid dienone is 2. The van der Waals surface area contributed by atoms with Crippen molar-refractivity contribution >= 4 is 5.78 Å². The van der Waals surface area contributed by atoms with Crippen molar-refractivity contribution in [3.05, 3.63) is 11.6 Å². The molecule has 2 nitrogen and oxygen atoms in total. The zero-order valence-corrected chi connectivity index (χ0v) is 14.7. The maximum atomic E-state index is 12.7. The molecule has 0 N–H and O–H groups in total. The monoisotopic (exact) mass is 302 g/mol. The zero-order chi connectivity index (χ0) is 15.9. The van der Waals surface area contributed by atoms with Gasteiger partial charge in [0.25, 0.3) is 0 Å². The van der Waals surface area contributed by atoms with Gasteiger partial charge in [-0.25, -0.2) is 0 Å². The van der Waals surface area contributed by atoms with Gasteiger partial charge in [-0.1, -0.05) is 33.3 Å². The minimum absolute atomic E-state index is 0.125. The van der Waals surface area contributed by atoms with Crippen molar-refractivity contribution < 1.29 is 9.53 Å². The first kappa shape index (κ1) is 14.9. The smallest absolute Gasteiger partial charge is 0.162 e. The molecule has 4 rings (SSSR count). The SMILES string of the molecule is CC(C)C1=CC(=O)C2(C)CCC3(C)CC4OC4(C)CC[C@@H]3C12. The Hall–Kier alpha value is -0.630. The Balaban J connectivity index is 1.74. The van der Waals surface area contributed by atoms with Crippen molar-refractivity contribution in [2.45, 2.75) is 78.4 Å². The lowest BCUT2D eigenvalue weighted by Crippen LogP contribution is -2.48. The van der Waals surface area contributed by atoms with Crippen molar-refractivity contribution in [3.63, 3.8) is 0 Å². The number of hydrogen-bond donors (Lipinski definition) is 0. The maximum Gasteiger partial charge on any atom is 0.162 e. The van der Waals surface area contributed by atoms with Crippen LogP contribution in [0.1, 0.15) is 66.7 Å². The van der Waals surface area contributed by atoms with Gasteiger partial charge in [0, 0.05) is 5.41 Å². The van der Waals surface area contributed by atoms with E-state index in [1.165, 1.54) is 31.3 Å². The molecule has 5 unspecified atom stereocenters. The summed E-state index contributed by atoms with van der Waals surface area (Å²) in [7, 11) is 0. The molecule has 0 radical (unpaired) electrons. The first-order chi connectivity index (χ1) is 10.2. The largest absolute Gasteiger partial charge is 0.366 e. The summed E-state index contributed by atoms with van der Waals surface area (Å²) in [5, 5.41) is 0. The summed E-state index contributed by atoms with van der Waals surface area (Å²) in [6.07, 6.45) is 8.32. The summed E-state index contributed by atoms with van der Waals surface area (Å²) in [5.74, 6) is 2.02. The second kappa shape index (κ2) is 4.26. The average molecular weight is 302 g/mol. The van der Waals surface area contributed by atoms with Crippen LogP contribution < -0.4 is 0 Å². The van der Waals surface area contributed by atoms with Gasteiger partial charge in [-0.15, -0.1) is 0 Å². The van der Waals surface area contributed by atoms with Crippen molar-refractivity contribution in [2.75, 3.05) is 0 Å². The molecule has 0 bridgehead atoms. The molecule has 0 aromatic carbocycles. The van der Waals surface area contributed by atoms with Crippen molar-refractivity contribution in [1.82, 2.24) is 0 Å². The lowest BCUT2D eigenvalue weighted by atomic mass is 9.51. The highest BCUT2D eigenvalue weighted by molar-refractivity contribution is 5.99. The number of ether oxygens (including phenoxy) is 1. The molecule has 0 amide bonds. The Morgan fingerprint density at radius 2 is 1.91 bits per heavy atom. The van der Waals surface area contributed by atoms with E-state index in [0.717, 1.165) is 6.42 Å². The van der Waals surface area contributed by atoms with Crippen LogP contribution in [-0.4, -0.2) is 17.5 Å². The van der Waals surface area contributed by atoms with Crippen LogP contribution in [0.3, 0.4) is 0 Å². The summed E-state index contributed by atoms with van der Waals surface area (Å²) in [6.45, 7) is 11.5. The van der Waals surface area contributed by atoms with Gasteiger partial charge in [-0.2, -0.15) is 0 Å². The molecule has 1 saturated heterocycles. The second-order valence-corrected chi connectivity index (χ2v) is 9.48. The van der Waals surface area contributed by atoms with Gasteiger partial charge in [0.15, 0.2) is 5.78 Å². The predicted molar refractivity (Wildman–Crippen MR) is 87.5 cm³/mol. The van der Waals surface area contributed by atoms with E-state index < -0.39 is 0 Å². The number of carbonyl (C=O) groups excluding carboxylic acids is 1. The topological polar surface area (TPSA) is 29.6 Å². The number of epoxide rings is 1. The molecular formula is C20H30O2. The molecule has 22 heavy (non-hydrogen) atoms. The van der Waals surface area contributed by atoms with Crippen LogP contribution in [0.2, 0.25) is 0 Å². The third-order valence-electron chi connectivity index (χ3n) is 7.72. The lowest BCUT2D eigenvalue weighted by Gasteiger charge is -2.52. The van der Waals surface area contributed by atoms with E-state index >= 15 is 0 Å². The van der Waals surface area contributed by atoms with Crippen molar-refractivity contribution in [2.24, 2.45) is 28.6 Å². The van der Waals surface area contributed by atoms with E-state index in [4.69, 9.17) is 4.74 Å². The quantitative estimate of drug-likeness (QED) is 0.666. The van der Waals surface area contributed by atoms with E-state index in [2.05, 4.69) is 34.6 Å². The number of fused-ring (bicyclic) bond motifs is 4. The van der Waals surface area contributed by atoms with E-state index in [1.807, 2.05) is 6.08 Å². The summed E-state index contributed by atoms with van der Waals surface area (Å²) in [6, 6.07) is 0. The summed E-state index contributed by atoms with van der Waals surface area (Å²) in [4.78, 5) is 12.7. The third kappa shape index (κ3) is 1.79. The number of ketones is 1. The molecule has 1 heterocycles. The fraction of sp³-hybridized carbons (Fsp3) is 0.850. The van der Waals surface area contributed by atoms with Gasteiger partial charge >= 0.3 is 0 Å². The molecule has 2 saturated carbocycles. The highest BCUT2D eigenvalue weighted by atomic mass is 16.6. The average Bonchev–Trinajstić information content (AvgIpc) is 2.99. The van der Waals surface area contributed by atoms with Crippen molar-refractivity contribution in [1.29, 1.82) is 0 Å². The van der Waals surface area contributed by atoms with Crippen LogP contribution >= 0.6 is 0 Å².